The van der Waals surface area contributed by atoms with E-state index in [9.17, 15) is 9.59 Å². The summed E-state index contributed by atoms with van der Waals surface area (Å²) in [4.78, 5) is 26.5. The van der Waals surface area contributed by atoms with E-state index in [0.29, 0.717) is 11.8 Å². The second-order valence-corrected chi connectivity index (χ2v) is 6.74. The van der Waals surface area contributed by atoms with E-state index in [1.807, 2.05) is 22.4 Å². The van der Waals surface area contributed by atoms with E-state index in [1.54, 1.807) is 0 Å². The Morgan fingerprint density at radius 1 is 1.43 bits per heavy atom. The van der Waals surface area contributed by atoms with Crippen LogP contribution < -0.4 is 16.4 Å². The highest BCUT2D eigenvalue weighted by atomic mass is 32.1. The molecule has 3 rings (SSSR count). The summed E-state index contributed by atoms with van der Waals surface area (Å²) in [6.45, 7) is 3.65. The summed E-state index contributed by atoms with van der Waals surface area (Å²) in [6, 6.07) is 2.91. The van der Waals surface area contributed by atoms with E-state index >= 15 is 0 Å². The normalized spacial score (nSPS) is 25.6. The van der Waals surface area contributed by atoms with Crippen LogP contribution in [0.1, 0.15) is 17.3 Å². The first-order valence-corrected chi connectivity index (χ1v) is 8.09. The minimum absolute atomic E-state index is 0.0940. The Labute approximate surface area is 127 Å². The van der Waals surface area contributed by atoms with Gasteiger partial charge in [0.05, 0.1) is 12.5 Å². The van der Waals surface area contributed by atoms with Crippen LogP contribution in [0.25, 0.3) is 0 Å². The molecular weight excluding hydrogens is 288 g/mol. The number of amides is 3. The molecule has 0 radical (unpaired) electrons. The fourth-order valence-corrected chi connectivity index (χ4v) is 4.02. The summed E-state index contributed by atoms with van der Waals surface area (Å²) in [6.07, 6.45) is 0.274. The standard InChI is InChI=1S/C14H20N4O2S/c15-14(20)17-11(12-2-1-3-21-12)4-13(19)18-7-9-5-16-6-10(9)8-18/h1-3,9-11,16H,4-8H2,(H3,15,17,20)/t9-,10+,11?. The number of rotatable bonds is 4. The van der Waals surface area contributed by atoms with Crippen molar-refractivity contribution < 1.29 is 9.59 Å². The molecule has 2 aliphatic rings. The van der Waals surface area contributed by atoms with E-state index in [4.69, 9.17) is 5.73 Å². The second-order valence-electron chi connectivity index (χ2n) is 5.76. The van der Waals surface area contributed by atoms with Crippen molar-refractivity contribution in [2.75, 3.05) is 26.2 Å². The lowest BCUT2D eigenvalue weighted by Crippen LogP contribution is -2.38. The zero-order valence-electron chi connectivity index (χ0n) is 11.7. The van der Waals surface area contributed by atoms with Gasteiger partial charge in [-0.05, 0) is 23.3 Å². The van der Waals surface area contributed by atoms with Crippen molar-refractivity contribution in [3.8, 4) is 0 Å². The Morgan fingerprint density at radius 3 is 2.71 bits per heavy atom. The molecule has 4 N–H and O–H groups in total. The monoisotopic (exact) mass is 308 g/mol. The summed E-state index contributed by atoms with van der Waals surface area (Å²) >= 11 is 1.52. The van der Waals surface area contributed by atoms with Gasteiger partial charge in [0.1, 0.15) is 0 Å². The van der Waals surface area contributed by atoms with Crippen LogP contribution in [0.15, 0.2) is 17.5 Å². The van der Waals surface area contributed by atoms with Gasteiger partial charge >= 0.3 is 6.03 Å². The van der Waals surface area contributed by atoms with Gasteiger partial charge in [0.25, 0.3) is 0 Å². The van der Waals surface area contributed by atoms with Gasteiger partial charge < -0.3 is 21.3 Å². The fraction of sp³-hybridized carbons (Fsp3) is 0.571. The van der Waals surface area contributed by atoms with Gasteiger partial charge in [-0.1, -0.05) is 6.07 Å². The lowest BCUT2D eigenvalue weighted by atomic mass is 10.0. The van der Waals surface area contributed by atoms with E-state index in [1.165, 1.54) is 11.3 Å². The van der Waals surface area contributed by atoms with Crippen molar-refractivity contribution in [1.29, 1.82) is 0 Å². The minimum atomic E-state index is -0.594. The quantitative estimate of drug-likeness (QED) is 0.758. The molecule has 6 nitrogen and oxygen atoms in total. The van der Waals surface area contributed by atoms with Crippen LogP contribution in [0.3, 0.4) is 0 Å². The highest BCUT2D eigenvalue weighted by Crippen LogP contribution is 2.29. The van der Waals surface area contributed by atoms with Gasteiger partial charge in [0.15, 0.2) is 0 Å². The van der Waals surface area contributed by atoms with Crippen molar-refractivity contribution in [1.82, 2.24) is 15.5 Å². The number of nitrogens with one attached hydrogen (secondary N) is 2. The number of thiophene rings is 1. The largest absolute Gasteiger partial charge is 0.352 e. The van der Waals surface area contributed by atoms with Crippen LogP contribution >= 0.6 is 11.3 Å². The zero-order chi connectivity index (χ0) is 14.8. The molecule has 114 valence electrons. The van der Waals surface area contributed by atoms with Gasteiger partial charge in [-0.25, -0.2) is 4.79 Å². The van der Waals surface area contributed by atoms with Gasteiger partial charge in [0, 0.05) is 31.1 Å². The number of carbonyl (C=O) groups is 2. The molecule has 0 aliphatic carbocycles. The predicted molar refractivity (Wildman–Crippen MR) is 80.8 cm³/mol. The number of hydrogen-bond acceptors (Lipinski definition) is 4. The highest BCUT2D eigenvalue weighted by molar-refractivity contribution is 7.10. The number of primary amides is 1. The molecule has 0 spiro atoms. The van der Waals surface area contributed by atoms with Crippen LogP contribution in [-0.4, -0.2) is 43.0 Å². The van der Waals surface area contributed by atoms with E-state index in [2.05, 4.69) is 10.6 Å². The lowest BCUT2D eigenvalue weighted by Gasteiger charge is -2.21. The van der Waals surface area contributed by atoms with Crippen molar-refractivity contribution in [3.05, 3.63) is 22.4 Å². The summed E-state index contributed by atoms with van der Waals surface area (Å²) in [5.41, 5.74) is 5.22. The van der Waals surface area contributed by atoms with Gasteiger partial charge in [-0.2, -0.15) is 0 Å². The molecule has 2 saturated heterocycles. The van der Waals surface area contributed by atoms with Crippen LogP contribution in [0.5, 0.6) is 0 Å². The maximum atomic E-state index is 12.5. The molecule has 7 heteroatoms. The Morgan fingerprint density at radius 2 is 2.14 bits per heavy atom. The Hall–Kier alpha value is -1.60. The first-order chi connectivity index (χ1) is 10.1. The summed E-state index contributed by atoms with van der Waals surface area (Å²) in [7, 11) is 0. The molecule has 1 unspecified atom stereocenters. The number of nitrogens with two attached hydrogens (primary N) is 1. The maximum absolute atomic E-state index is 12.5. The number of nitrogens with zero attached hydrogens (tertiary/aromatic N) is 1. The molecule has 3 atom stereocenters. The molecule has 3 amide bonds. The van der Waals surface area contributed by atoms with Crippen molar-refractivity contribution in [2.45, 2.75) is 12.5 Å². The van der Waals surface area contributed by atoms with E-state index < -0.39 is 6.03 Å². The molecule has 0 aromatic carbocycles. The third-order valence-corrected chi connectivity index (χ3v) is 5.31. The summed E-state index contributed by atoms with van der Waals surface area (Å²) in [5.74, 6) is 1.26. The third kappa shape index (κ3) is 3.19. The molecular formula is C14H20N4O2S. The molecule has 0 saturated carbocycles. The van der Waals surface area contributed by atoms with Gasteiger partial charge in [-0.3, -0.25) is 4.79 Å². The number of hydrogen-bond donors (Lipinski definition) is 3. The summed E-state index contributed by atoms with van der Waals surface area (Å²) < 4.78 is 0. The number of urea groups is 1. The molecule has 1 aromatic rings. The number of carbonyl (C=O) groups excluding carboxylic acids is 2. The number of likely N-dealkylation sites (tertiary alicyclic amines) is 1. The third-order valence-electron chi connectivity index (χ3n) is 4.32. The first kappa shape index (κ1) is 14.3. The van der Waals surface area contributed by atoms with Crippen LogP contribution in [0.2, 0.25) is 0 Å². The molecule has 1 aromatic heterocycles. The van der Waals surface area contributed by atoms with Gasteiger partial charge in [0.2, 0.25) is 5.91 Å². The maximum Gasteiger partial charge on any atom is 0.312 e. The molecule has 0 bridgehead atoms. The molecule has 2 fully saturated rings. The second kappa shape index (κ2) is 6.03. The molecule has 3 heterocycles. The van der Waals surface area contributed by atoms with Gasteiger partial charge in [-0.15, -0.1) is 11.3 Å². The van der Waals surface area contributed by atoms with E-state index in [-0.39, 0.29) is 18.4 Å². The van der Waals surface area contributed by atoms with Crippen LogP contribution in [0, 0.1) is 11.8 Å². The van der Waals surface area contributed by atoms with E-state index in [0.717, 1.165) is 31.1 Å². The average Bonchev–Trinajstić information content (AvgIpc) is 3.13. The first-order valence-electron chi connectivity index (χ1n) is 7.21. The topological polar surface area (TPSA) is 87.5 Å². The van der Waals surface area contributed by atoms with Crippen molar-refractivity contribution in [2.24, 2.45) is 17.6 Å². The SMILES string of the molecule is NC(=O)NC(CC(=O)N1C[C@H]2CNC[C@H]2C1)c1cccs1. The zero-order valence-corrected chi connectivity index (χ0v) is 12.6. The lowest BCUT2D eigenvalue weighted by molar-refractivity contribution is -0.130. The number of fused-ring (bicyclic) bond motifs is 1. The average molecular weight is 308 g/mol. The Balaban J connectivity index is 1.62. The van der Waals surface area contributed by atoms with Crippen LogP contribution in [0.4, 0.5) is 4.79 Å². The Bertz CT molecular complexity index is 507. The summed E-state index contributed by atoms with van der Waals surface area (Å²) in [5, 5.41) is 7.97. The minimum Gasteiger partial charge on any atom is -0.352 e. The van der Waals surface area contributed by atoms with Crippen LogP contribution in [-0.2, 0) is 4.79 Å². The smallest absolute Gasteiger partial charge is 0.312 e. The Kier molecular flexibility index (Phi) is 4.12. The van der Waals surface area contributed by atoms with Crippen molar-refractivity contribution >= 4 is 23.3 Å². The van der Waals surface area contributed by atoms with Crippen molar-refractivity contribution in [3.63, 3.8) is 0 Å². The fourth-order valence-electron chi connectivity index (χ4n) is 3.25. The molecule has 2 aliphatic heterocycles. The molecule has 21 heavy (non-hydrogen) atoms. The highest BCUT2D eigenvalue weighted by Gasteiger charge is 2.38. The predicted octanol–water partition coefficient (Wildman–Crippen LogP) is 0.525.